The summed E-state index contributed by atoms with van der Waals surface area (Å²) in [6, 6.07) is 0. The van der Waals surface area contributed by atoms with E-state index in [9.17, 15) is 4.79 Å². The molecule has 86 valence electrons. The van der Waals surface area contributed by atoms with Crippen molar-refractivity contribution in [1.29, 1.82) is 0 Å². The Hall–Kier alpha value is -0.770. The van der Waals surface area contributed by atoms with Crippen molar-refractivity contribution in [1.82, 2.24) is 5.32 Å². The number of carbonyl (C=O) groups is 1. The van der Waals surface area contributed by atoms with Crippen LogP contribution in [-0.2, 0) is 9.47 Å². The molecule has 0 bridgehead atoms. The largest absolute Gasteiger partial charge is 0.444 e. The van der Waals surface area contributed by atoms with E-state index in [-0.39, 0.29) is 11.6 Å². The van der Waals surface area contributed by atoms with Crippen molar-refractivity contribution >= 4 is 6.09 Å². The SMILES string of the molecule is CC1(NC(=O)OC(C)(C)C)CC2OC2C1. The molecular formula is C11H19NO3. The summed E-state index contributed by atoms with van der Waals surface area (Å²) < 4.78 is 10.6. The number of fused-ring (bicyclic) bond motifs is 1. The summed E-state index contributed by atoms with van der Waals surface area (Å²) in [6.45, 7) is 7.64. The van der Waals surface area contributed by atoms with Crippen LogP contribution in [0.2, 0.25) is 0 Å². The molecule has 2 fully saturated rings. The molecule has 1 aliphatic heterocycles. The van der Waals surface area contributed by atoms with Crippen LogP contribution < -0.4 is 5.32 Å². The molecule has 0 aromatic carbocycles. The molecule has 4 heteroatoms. The number of carbonyl (C=O) groups excluding carboxylic acids is 1. The smallest absolute Gasteiger partial charge is 0.408 e. The Bertz CT molecular complexity index is 272. The van der Waals surface area contributed by atoms with Crippen LogP contribution in [0.1, 0.15) is 40.5 Å². The molecule has 1 heterocycles. The second-order valence-corrected chi connectivity index (χ2v) is 5.81. The van der Waals surface area contributed by atoms with Crippen LogP contribution in [0.15, 0.2) is 0 Å². The van der Waals surface area contributed by atoms with Gasteiger partial charge in [-0.15, -0.1) is 0 Å². The number of ether oxygens (including phenoxy) is 2. The lowest BCUT2D eigenvalue weighted by Gasteiger charge is -2.29. The Kier molecular flexibility index (Phi) is 2.23. The van der Waals surface area contributed by atoms with Gasteiger partial charge < -0.3 is 14.8 Å². The molecule has 0 radical (unpaired) electrons. The molecule has 1 aliphatic carbocycles. The van der Waals surface area contributed by atoms with Crippen molar-refractivity contribution in [3.05, 3.63) is 0 Å². The van der Waals surface area contributed by atoms with Gasteiger partial charge in [0.25, 0.3) is 0 Å². The number of alkyl carbamates (subject to hydrolysis) is 1. The first-order valence-corrected chi connectivity index (χ1v) is 5.44. The molecule has 0 aromatic rings. The number of amides is 1. The Labute approximate surface area is 90.3 Å². The quantitative estimate of drug-likeness (QED) is 0.676. The van der Waals surface area contributed by atoms with Crippen molar-refractivity contribution in [3.63, 3.8) is 0 Å². The molecule has 0 spiro atoms. The molecule has 1 saturated carbocycles. The van der Waals surface area contributed by atoms with Gasteiger partial charge in [0.1, 0.15) is 5.60 Å². The Morgan fingerprint density at radius 3 is 2.40 bits per heavy atom. The highest BCUT2D eigenvalue weighted by Crippen LogP contribution is 2.44. The zero-order chi connectivity index (χ0) is 11.3. The highest BCUT2D eigenvalue weighted by atomic mass is 16.6. The first-order valence-electron chi connectivity index (χ1n) is 5.44. The summed E-state index contributed by atoms with van der Waals surface area (Å²) in [5.74, 6) is 0. The summed E-state index contributed by atoms with van der Waals surface area (Å²) in [4.78, 5) is 11.6. The lowest BCUT2D eigenvalue weighted by Crippen LogP contribution is -2.47. The van der Waals surface area contributed by atoms with Crippen molar-refractivity contribution in [2.45, 2.75) is 63.9 Å². The van der Waals surface area contributed by atoms with Gasteiger partial charge in [-0.05, 0) is 40.5 Å². The van der Waals surface area contributed by atoms with Gasteiger partial charge in [-0.25, -0.2) is 4.79 Å². The van der Waals surface area contributed by atoms with Crippen LogP contribution in [0.3, 0.4) is 0 Å². The van der Waals surface area contributed by atoms with E-state index in [1.807, 2.05) is 27.7 Å². The van der Waals surface area contributed by atoms with E-state index in [0.717, 1.165) is 12.8 Å². The lowest BCUT2D eigenvalue weighted by molar-refractivity contribution is 0.0445. The standard InChI is InChI=1S/C11H19NO3/c1-10(2,3)15-9(13)12-11(4)5-7-8(6-11)14-7/h7-8H,5-6H2,1-4H3,(H,12,13). The molecular weight excluding hydrogens is 194 g/mol. The Morgan fingerprint density at radius 2 is 1.93 bits per heavy atom. The molecule has 2 atom stereocenters. The van der Waals surface area contributed by atoms with Crippen LogP contribution in [0.25, 0.3) is 0 Å². The van der Waals surface area contributed by atoms with Crippen LogP contribution in [0.4, 0.5) is 4.79 Å². The van der Waals surface area contributed by atoms with Crippen molar-refractivity contribution < 1.29 is 14.3 Å². The van der Waals surface area contributed by atoms with Gasteiger partial charge in [-0.1, -0.05) is 0 Å². The van der Waals surface area contributed by atoms with Crippen molar-refractivity contribution in [2.75, 3.05) is 0 Å². The van der Waals surface area contributed by atoms with Gasteiger partial charge in [0.2, 0.25) is 0 Å². The number of hydrogen-bond acceptors (Lipinski definition) is 3. The van der Waals surface area contributed by atoms with Gasteiger partial charge in [0.05, 0.1) is 12.2 Å². The topological polar surface area (TPSA) is 50.9 Å². The summed E-state index contributed by atoms with van der Waals surface area (Å²) in [6.07, 6.45) is 2.20. The fraction of sp³-hybridized carbons (Fsp3) is 0.909. The molecule has 2 aliphatic rings. The Balaban J connectivity index is 1.84. The average molecular weight is 213 g/mol. The third-order valence-corrected chi connectivity index (χ3v) is 2.79. The minimum atomic E-state index is -0.432. The van der Waals surface area contributed by atoms with Gasteiger partial charge >= 0.3 is 6.09 Å². The summed E-state index contributed by atoms with van der Waals surface area (Å²) in [5, 5.41) is 2.93. The second kappa shape index (κ2) is 3.11. The second-order valence-electron chi connectivity index (χ2n) is 5.81. The third kappa shape index (κ3) is 2.62. The van der Waals surface area contributed by atoms with E-state index in [2.05, 4.69) is 5.32 Å². The molecule has 4 nitrogen and oxygen atoms in total. The average Bonchev–Trinajstić information content (AvgIpc) is 2.53. The fourth-order valence-electron chi connectivity index (χ4n) is 2.16. The zero-order valence-electron chi connectivity index (χ0n) is 9.79. The molecule has 1 amide bonds. The number of hydrogen-bond donors (Lipinski definition) is 1. The monoisotopic (exact) mass is 213 g/mol. The van der Waals surface area contributed by atoms with Crippen LogP contribution in [-0.4, -0.2) is 29.4 Å². The van der Waals surface area contributed by atoms with Gasteiger partial charge in [0, 0.05) is 5.54 Å². The molecule has 1 saturated heterocycles. The summed E-state index contributed by atoms with van der Waals surface area (Å²) in [7, 11) is 0. The first-order chi connectivity index (χ1) is 6.77. The van der Waals surface area contributed by atoms with E-state index in [0.29, 0.717) is 12.2 Å². The van der Waals surface area contributed by atoms with E-state index >= 15 is 0 Å². The maximum absolute atomic E-state index is 11.6. The molecule has 15 heavy (non-hydrogen) atoms. The Morgan fingerprint density at radius 1 is 1.40 bits per heavy atom. The highest BCUT2D eigenvalue weighted by molar-refractivity contribution is 5.68. The van der Waals surface area contributed by atoms with Gasteiger partial charge in [0.15, 0.2) is 0 Å². The van der Waals surface area contributed by atoms with E-state index in [4.69, 9.17) is 9.47 Å². The zero-order valence-corrected chi connectivity index (χ0v) is 9.79. The van der Waals surface area contributed by atoms with Gasteiger partial charge in [-0.3, -0.25) is 0 Å². The van der Waals surface area contributed by atoms with E-state index in [1.165, 1.54) is 0 Å². The number of epoxide rings is 1. The third-order valence-electron chi connectivity index (χ3n) is 2.79. The molecule has 2 rings (SSSR count). The number of rotatable bonds is 1. The van der Waals surface area contributed by atoms with Crippen LogP contribution in [0, 0.1) is 0 Å². The fourth-order valence-corrected chi connectivity index (χ4v) is 2.16. The minimum absolute atomic E-state index is 0.143. The predicted molar refractivity (Wildman–Crippen MR) is 55.7 cm³/mol. The maximum Gasteiger partial charge on any atom is 0.408 e. The summed E-state index contributed by atoms with van der Waals surface area (Å²) in [5.41, 5.74) is -0.575. The van der Waals surface area contributed by atoms with Crippen LogP contribution >= 0.6 is 0 Å². The molecule has 1 N–H and O–H groups in total. The first kappa shape index (κ1) is 10.7. The number of nitrogens with one attached hydrogen (secondary N) is 1. The molecule has 2 unspecified atom stereocenters. The van der Waals surface area contributed by atoms with Crippen molar-refractivity contribution in [3.8, 4) is 0 Å². The normalized spacial score (nSPS) is 38.4. The molecule has 0 aromatic heterocycles. The van der Waals surface area contributed by atoms with Crippen LogP contribution in [0.5, 0.6) is 0 Å². The minimum Gasteiger partial charge on any atom is -0.444 e. The van der Waals surface area contributed by atoms with E-state index in [1.54, 1.807) is 0 Å². The van der Waals surface area contributed by atoms with Gasteiger partial charge in [-0.2, -0.15) is 0 Å². The highest BCUT2D eigenvalue weighted by Gasteiger charge is 2.54. The summed E-state index contributed by atoms with van der Waals surface area (Å²) >= 11 is 0. The lowest BCUT2D eigenvalue weighted by atomic mass is 10.0. The predicted octanol–water partition coefficient (Wildman–Crippen LogP) is 1.83. The maximum atomic E-state index is 11.6. The van der Waals surface area contributed by atoms with E-state index < -0.39 is 5.60 Å². The van der Waals surface area contributed by atoms with Crippen molar-refractivity contribution in [2.24, 2.45) is 0 Å².